The van der Waals surface area contributed by atoms with Gasteiger partial charge < -0.3 is 0 Å². The molecule has 0 N–H and O–H groups in total. The summed E-state index contributed by atoms with van der Waals surface area (Å²) >= 11 is 0. The topological polar surface area (TPSA) is 0 Å². The molecule has 1 atom stereocenters. The normalized spacial score (nSPS) is 23.1. The minimum Gasteiger partial charge on any atom is -0.0712 e. The van der Waals surface area contributed by atoms with E-state index < -0.39 is 0 Å². The van der Waals surface area contributed by atoms with E-state index in [1.165, 1.54) is 53.7 Å². The van der Waals surface area contributed by atoms with E-state index >= 15 is 0 Å². The van der Waals surface area contributed by atoms with Gasteiger partial charge in [-0.05, 0) is 41.0 Å². The average Bonchev–Trinajstić information content (AvgIpc) is 2.82. The zero-order valence-electron chi connectivity index (χ0n) is 13.6. The molecule has 0 bridgehead atoms. The molecule has 2 aliphatic rings. The molecule has 0 heterocycles. The minimum atomic E-state index is 0.199. The van der Waals surface area contributed by atoms with Gasteiger partial charge >= 0.3 is 0 Å². The summed E-state index contributed by atoms with van der Waals surface area (Å²) in [6, 6.07) is 8.85. The van der Waals surface area contributed by atoms with Gasteiger partial charge in [0.15, 0.2) is 0 Å². The molecule has 110 valence electrons. The Labute approximate surface area is 128 Å². The van der Waals surface area contributed by atoms with Crippen molar-refractivity contribution in [2.75, 3.05) is 0 Å². The van der Waals surface area contributed by atoms with Gasteiger partial charge in [-0.2, -0.15) is 0 Å². The highest BCUT2D eigenvalue weighted by Gasteiger charge is 2.32. The number of hydrogen-bond donors (Lipinski definition) is 0. The third-order valence-electron chi connectivity index (χ3n) is 4.88. The first-order valence-corrected chi connectivity index (χ1v) is 8.37. The van der Waals surface area contributed by atoms with Crippen molar-refractivity contribution in [2.24, 2.45) is 5.41 Å². The summed E-state index contributed by atoms with van der Waals surface area (Å²) in [5, 5.41) is 2.84. The van der Waals surface area contributed by atoms with Crippen molar-refractivity contribution in [3.63, 3.8) is 0 Å². The van der Waals surface area contributed by atoms with Gasteiger partial charge in [0.25, 0.3) is 0 Å². The van der Waals surface area contributed by atoms with Crippen molar-refractivity contribution in [2.45, 2.75) is 52.9 Å². The van der Waals surface area contributed by atoms with E-state index in [0.717, 1.165) is 0 Å². The summed E-state index contributed by atoms with van der Waals surface area (Å²) in [6.45, 7) is 6.95. The number of hydrogen-bond acceptors (Lipinski definition) is 0. The number of rotatable bonds is 5. The highest BCUT2D eigenvalue weighted by Crippen LogP contribution is 2.44. The minimum absolute atomic E-state index is 0.199. The summed E-state index contributed by atoms with van der Waals surface area (Å²) < 4.78 is 0. The maximum Gasteiger partial charge on any atom is 0.0121 e. The Morgan fingerprint density at radius 3 is 2.62 bits per heavy atom. The third-order valence-corrected chi connectivity index (χ3v) is 4.88. The molecule has 3 rings (SSSR count). The number of allylic oxidation sites excluding steroid dienone is 4. The molecule has 1 unspecified atom stereocenters. The summed E-state index contributed by atoms with van der Waals surface area (Å²) in [4.78, 5) is 0. The van der Waals surface area contributed by atoms with E-state index in [2.05, 4.69) is 63.3 Å². The molecule has 2 aliphatic carbocycles. The molecule has 1 aromatic rings. The first-order valence-electron chi connectivity index (χ1n) is 8.37. The molecular formula is C21H26. The van der Waals surface area contributed by atoms with E-state index in [1.54, 1.807) is 5.57 Å². The maximum atomic E-state index is 2.49. The Balaban J connectivity index is 2.01. The molecule has 0 heteroatoms. The van der Waals surface area contributed by atoms with Crippen LogP contribution in [0.4, 0.5) is 0 Å². The van der Waals surface area contributed by atoms with Crippen LogP contribution in [0.2, 0.25) is 0 Å². The van der Waals surface area contributed by atoms with Gasteiger partial charge in [-0.3, -0.25) is 0 Å². The second kappa shape index (κ2) is 5.67. The lowest BCUT2D eigenvalue weighted by Crippen LogP contribution is -2.29. The summed E-state index contributed by atoms with van der Waals surface area (Å²) in [7, 11) is 0. The Morgan fingerprint density at radius 2 is 1.81 bits per heavy atom. The molecule has 0 saturated heterocycles. The second-order valence-corrected chi connectivity index (χ2v) is 6.82. The predicted octanol–water partition coefficient (Wildman–Crippen LogP) is 4.49. The zero-order chi connectivity index (χ0) is 14.9. The average molecular weight is 278 g/mol. The third kappa shape index (κ3) is 2.64. The number of unbranched alkanes of at least 4 members (excludes halogenated alkanes) is 3. The van der Waals surface area contributed by atoms with E-state index in [1.807, 2.05) is 0 Å². The van der Waals surface area contributed by atoms with Crippen molar-refractivity contribution in [3.05, 3.63) is 58.0 Å². The molecule has 21 heavy (non-hydrogen) atoms. The van der Waals surface area contributed by atoms with Crippen LogP contribution in [0, 0.1) is 5.41 Å². The van der Waals surface area contributed by atoms with Gasteiger partial charge in [0.1, 0.15) is 0 Å². The highest BCUT2D eigenvalue weighted by molar-refractivity contribution is 5.87. The predicted molar refractivity (Wildman–Crippen MR) is 92.3 cm³/mol. The van der Waals surface area contributed by atoms with E-state index in [-0.39, 0.29) is 5.41 Å². The number of benzene rings is 1. The lowest BCUT2D eigenvalue weighted by molar-refractivity contribution is 0.470. The van der Waals surface area contributed by atoms with Crippen LogP contribution in [0.1, 0.15) is 52.9 Å². The second-order valence-electron chi connectivity index (χ2n) is 6.82. The molecule has 0 fully saturated rings. The summed E-state index contributed by atoms with van der Waals surface area (Å²) in [6.07, 6.45) is 13.8. The standard InChI is InChI=1S/C21H26/c1-4-5-6-9-12-21(3)15-16(2)13-18-14-17-10-7-8-11-19(17)20(18)21/h7-8,10-11,13-15H,4-6,9,12H2,1-3H3. The first-order chi connectivity index (χ1) is 10.1. The Bertz CT molecular complexity index is 715. The first kappa shape index (κ1) is 14.4. The summed E-state index contributed by atoms with van der Waals surface area (Å²) in [5.41, 5.74) is 4.61. The van der Waals surface area contributed by atoms with Gasteiger partial charge in [-0.25, -0.2) is 0 Å². The molecule has 0 amide bonds. The van der Waals surface area contributed by atoms with E-state index in [0.29, 0.717) is 0 Å². The fraction of sp³-hybridized carbons (Fsp3) is 0.429. The molecule has 0 nitrogen and oxygen atoms in total. The van der Waals surface area contributed by atoms with Crippen molar-refractivity contribution in [3.8, 4) is 0 Å². The Kier molecular flexibility index (Phi) is 3.89. The smallest absolute Gasteiger partial charge is 0.0121 e. The van der Waals surface area contributed by atoms with Crippen LogP contribution in [0.15, 0.2) is 47.6 Å². The fourth-order valence-electron chi connectivity index (χ4n) is 3.97. The van der Waals surface area contributed by atoms with Crippen LogP contribution in [-0.2, 0) is 0 Å². The van der Waals surface area contributed by atoms with Crippen LogP contribution >= 0.6 is 0 Å². The molecule has 0 spiro atoms. The van der Waals surface area contributed by atoms with Gasteiger partial charge in [0.05, 0.1) is 0 Å². The van der Waals surface area contributed by atoms with Crippen molar-refractivity contribution >= 4 is 11.6 Å². The maximum absolute atomic E-state index is 2.49. The molecule has 1 aromatic carbocycles. The highest BCUT2D eigenvalue weighted by atomic mass is 14.4. The number of fused-ring (bicyclic) bond motifs is 2. The quantitative estimate of drug-likeness (QED) is 0.696. The molecule has 0 aliphatic heterocycles. The molecule has 0 saturated carbocycles. The van der Waals surface area contributed by atoms with Crippen molar-refractivity contribution in [1.82, 2.24) is 0 Å². The zero-order valence-corrected chi connectivity index (χ0v) is 13.6. The molecular weight excluding hydrogens is 252 g/mol. The molecule has 0 aromatic heterocycles. The van der Waals surface area contributed by atoms with E-state index in [9.17, 15) is 0 Å². The SMILES string of the molecule is CCCCCCC1(C)C=C(C)C=C2C=c3ccccc3=C21. The van der Waals surface area contributed by atoms with Gasteiger partial charge in [-0.1, -0.05) is 81.5 Å². The molecule has 0 radical (unpaired) electrons. The Morgan fingerprint density at radius 1 is 1.00 bits per heavy atom. The van der Waals surface area contributed by atoms with Gasteiger partial charge in [0, 0.05) is 5.41 Å². The lowest BCUT2D eigenvalue weighted by Gasteiger charge is -2.33. The van der Waals surface area contributed by atoms with Gasteiger partial charge in [0.2, 0.25) is 0 Å². The van der Waals surface area contributed by atoms with Crippen LogP contribution in [0.3, 0.4) is 0 Å². The van der Waals surface area contributed by atoms with Crippen LogP contribution in [0.25, 0.3) is 11.6 Å². The largest absolute Gasteiger partial charge is 0.0712 e. The van der Waals surface area contributed by atoms with Crippen LogP contribution < -0.4 is 10.4 Å². The monoisotopic (exact) mass is 278 g/mol. The van der Waals surface area contributed by atoms with Crippen molar-refractivity contribution in [1.29, 1.82) is 0 Å². The van der Waals surface area contributed by atoms with Crippen LogP contribution in [0.5, 0.6) is 0 Å². The van der Waals surface area contributed by atoms with Gasteiger partial charge in [-0.15, -0.1) is 0 Å². The fourth-order valence-corrected chi connectivity index (χ4v) is 3.97. The lowest BCUT2D eigenvalue weighted by atomic mass is 9.71. The summed E-state index contributed by atoms with van der Waals surface area (Å²) in [5.74, 6) is 0. The Hall–Kier alpha value is -1.56. The van der Waals surface area contributed by atoms with Crippen molar-refractivity contribution < 1.29 is 0 Å². The van der Waals surface area contributed by atoms with E-state index in [4.69, 9.17) is 0 Å². The van der Waals surface area contributed by atoms with Crippen LogP contribution in [-0.4, -0.2) is 0 Å².